The van der Waals surface area contributed by atoms with Crippen molar-refractivity contribution in [2.45, 2.75) is 0 Å². The molecule has 4 rings (SSSR count). The van der Waals surface area contributed by atoms with Gasteiger partial charge in [-0.25, -0.2) is 4.79 Å². The molecule has 0 atom stereocenters. The van der Waals surface area contributed by atoms with Gasteiger partial charge in [-0.15, -0.1) is 0 Å². The number of rotatable bonds is 4. The Morgan fingerprint density at radius 3 is 2.34 bits per heavy atom. The maximum atomic E-state index is 12.7. The van der Waals surface area contributed by atoms with Crippen molar-refractivity contribution in [3.8, 4) is 11.5 Å². The van der Waals surface area contributed by atoms with Crippen LogP contribution in [-0.4, -0.2) is 51.3 Å². The van der Waals surface area contributed by atoms with Gasteiger partial charge in [-0.3, -0.25) is 0 Å². The maximum absolute atomic E-state index is 12.7. The van der Waals surface area contributed by atoms with Crippen LogP contribution in [0.5, 0.6) is 11.5 Å². The second-order valence-electron chi connectivity index (χ2n) is 7.00. The predicted octanol–water partition coefficient (Wildman–Crippen LogP) is 4.21. The Hall–Kier alpha value is -3.41. The van der Waals surface area contributed by atoms with Crippen molar-refractivity contribution in [3.63, 3.8) is 0 Å². The number of piperazine rings is 1. The molecular formula is C23H25N3O3. The summed E-state index contributed by atoms with van der Waals surface area (Å²) in [6.07, 6.45) is 0. The lowest BCUT2D eigenvalue weighted by Gasteiger charge is -2.36. The van der Waals surface area contributed by atoms with Crippen molar-refractivity contribution in [1.29, 1.82) is 0 Å². The Morgan fingerprint density at radius 2 is 1.62 bits per heavy atom. The largest absolute Gasteiger partial charge is 0.497 e. The molecule has 1 fully saturated rings. The molecule has 150 valence electrons. The highest BCUT2D eigenvalue weighted by Crippen LogP contribution is 2.32. The van der Waals surface area contributed by atoms with Gasteiger partial charge < -0.3 is 24.6 Å². The molecule has 1 heterocycles. The van der Waals surface area contributed by atoms with E-state index in [0.29, 0.717) is 13.1 Å². The van der Waals surface area contributed by atoms with Crippen LogP contribution in [0, 0.1) is 0 Å². The number of urea groups is 1. The number of nitrogens with one attached hydrogen (secondary N) is 1. The number of hydrogen-bond donors (Lipinski definition) is 1. The molecule has 6 nitrogen and oxygen atoms in total. The molecule has 2 amide bonds. The fourth-order valence-electron chi connectivity index (χ4n) is 3.67. The SMILES string of the molecule is COc1ccc(N2CCN(C(=O)Nc3ccc4ccccc4c3)CC2)c(OC)c1. The average molecular weight is 391 g/mol. The molecule has 29 heavy (non-hydrogen) atoms. The Bertz CT molecular complexity index is 1010. The standard InChI is InChI=1S/C23H25N3O3/c1-28-20-9-10-21(22(16-20)29-2)25-11-13-26(14-12-25)23(27)24-19-8-7-17-5-3-4-6-18(17)15-19/h3-10,15-16H,11-14H2,1-2H3,(H,24,27). The summed E-state index contributed by atoms with van der Waals surface area (Å²) in [6, 6.07) is 19.8. The number of carbonyl (C=O) groups excluding carboxylic acids is 1. The number of fused-ring (bicyclic) bond motifs is 1. The van der Waals surface area contributed by atoms with E-state index < -0.39 is 0 Å². The number of hydrogen-bond acceptors (Lipinski definition) is 4. The van der Waals surface area contributed by atoms with Crippen molar-refractivity contribution in [3.05, 3.63) is 60.7 Å². The topological polar surface area (TPSA) is 54.0 Å². The third kappa shape index (κ3) is 4.06. The highest BCUT2D eigenvalue weighted by molar-refractivity contribution is 5.93. The number of carbonyl (C=O) groups is 1. The van der Waals surface area contributed by atoms with Gasteiger partial charge in [0.25, 0.3) is 0 Å². The minimum atomic E-state index is -0.0679. The van der Waals surface area contributed by atoms with Crippen LogP contribution in [0.15, 0.2) is 60.7 Å². The summed E-state index contributed by atoms with van der Waals surface area (Å²) in [7, 11) is 3.30. The van der Waals surface area contributed by atoms with Crippen LogP contribution in [0.4, 0.5) is 16.2 Å². The smallest absolute Gasteiger partial charge is 0.321 e. The summed E-state index contributed by atoms with van der Waals surface area (Å²) in [6.45, 7) is 2.78. The van der Waals surface area contributed by atoms with Gasteiger partial charge >= 0.3 is 6.03 Å². The Kier molecular flexibility index (Phi) is 5.42. The van der Waals surface area contributed by atoms with E-state index in [9.17, 15) is 4.79 Å². The normalized spacial score (nSPS) is 14.0. The number of nitrogens with zero attached hydrogens (tertiary/aromatic N) is 2. The van der Waals surface area contributed by atoms with E-state index in [2.05, 4.69) is 16.3 Å². The fourth-order valence-corrected chi connectivity index (χ4v) is 3.67. The molecule has 3 aromatic rings. The molecule has 1 aliphatic rings. The number of anilines is 2. The van der Waals surface area contributed by atoms with Crippen molar-refractivity contribution in [2.75, 3.05) is 50.6 Å². The molecule has 0 aromatic heterocycles. The molecule has 1 aliphatic heterocycles. The lowest BCUT2D eigenvalue weighted by atomic mass is 10.1. The molecule has 3 aromatic carbocycles. The summed E-state index contributed by atoms with van der Waals surface area (Å²) in [5, 5.41) is 5.30. The van der Waals surface area contributed by atoms with Gasteiger partial charge in [0.15, 0.2) is 0 Å². The Morgan fingerprint density at radius 1 is 0.862 bits per heavy atom. The van der Waals surface area contributed by atoms with Gasteiger partial charge in [-0.05, 0) is 35.0 Å². The van der Waals surface area contributed by atoms with Gasteiger partial charge in [-0.1, -0.05) is 30.3 Å². The van der Waals surface area contributed by atoms with E-state index in [4.69, 9.17) is 9.47 Å². The molecule has 0 unspecified atom stereocenters. The molecule has 0 bridgehead atoms. The average Bonchev–Trinajstić information content (AvgIpc) is 2.78. The second-order valence-corrected chi connectivity index (χ2v) is 7.00. The molecule has 0 aliphatic carbocycles. The molecule has 0 radical (unpaired) electrons. The van der Waals surface area contributed by atoms with Crippen molar-refractivity contribution < 1.29 is 14.3 Å². The van der Waals surface area contributed by atoms with Crippen molar-refractivity contribution in [2.24, 2.45) is 0 Å². The fraction of sp³-hybridized carbons (Fsp3) is 0.261. The molecule has 6 heteroatoms. The summed E-state index contributed by atoms with van der Waals surface area (Å²) >= 11 is 0. The summed E-state index contributed by atoms with van der Waals surface area (Å²) in [5.74, 6) is 1.54. The van der Waals surface area contributed by atoms with Crippen LogP contribution in [0.25, 0.3) is 10.8 Å². The van der Waals surface area contributed by atoms with E-state index >= 15 is 0 Å². The number of amides is 2. The minimum Gasteiger partial charge on any atom is -0.497 e. The van der Waals surface area contributed by atoms with E-state index in [1.807, 2.05) is 59.5 Å². The van der Waals surface area contributed by atoms with Crippen LogP contribution in [0.1, 0.15) is 0 Å². The Balaban J connectivity index is 1.39. The van der Waals surface area contributed by atoms with E-state index in [0.717, 1.165) is 46.7 Å². The van der Waals surface area contributed by atoms with Crippen LogP contribution >= 0.6 is 0 Å². The van der Waals surface area contributed by atoms with Crippen LogP contribution in [0.2, 0.25) is 0 Å². The van der Waals surface area contributed by atoms with Gasteiger partial charge in [0, 0.05) is 37.9 Å². The van der Waals surface area contributed by atoms with E-state index in [1.54, 1.807) is 14.2 Å². The van der Waals surface area contributed by atoms with E-state index in [1.165, 1.54) is 0 Å². The number of benzene rings is 3. The van der Waals surface area contributed by atoms with Crippen molar-refractivity contribution in [1.82, 2.24) is 4.90 Å². The lowest BCUT2D eigenvalue weighted by Crippen LogP contribution is -2.50. The van der Waals surface area contributed by atoms with Gasteiger partial charge in [0.2, 0.25) is 0 Å². The highest BCUT2D eigenvalue weighted by atomic mass is 16.5. The number of methoxy groups -OCH3 is 2. The van der Waals surface area contributed by atoms with Crippen molar-refractivity contribution >= 4 is 28.2 Å². The monoisotopic (exact) mass is 391 g/mol. The third-order valence-electron chi connectivity index (χ3n) is 5.30. The van der Waals surface area contributed by atoms with E-state index in [-0.39, 0.29) is 6.03 Å². The molecular weight excluding hydrogens is 366 g/mol. The first-order chi connectivity index (χ1) is 14.2. The van der Waals surface area contributed by atoms with Gasteiger partial charge in [0.05, 0.1) is 19.9 Å². The molecule has 1 N–H and O–H groups in total. The van der Waals surface area contributed by atoms with Gasteiger partial charge in [-0.2, -0.15) is 0 Å². The van der Waals surface area contributed by atoms with Gasteiger partial charge in [0.1, 0.15) is 11.5 Å². The van der Waals surface area contributed by atoms with Crippen LogP contribution in [-0.2, 0) is 0 Å². The first-order valence-corrected chi connectivity index (χ1v) is 9.69. The lowest BCUT2D eigenvalue weighted by molar-refractivity contribution is 0.208. The number of ether oxygens (including phenoxy) is 2. The second kappa shape index (κ2) is 8.31. The summed E-state index contributed by atoms with van der Waals surface area (Å²) < 4.78 is 10.8. The maximum Gasteiger partial charge on any atom is 0.321 e. The highest BCUT2D eigenvalue weighted by Gasteiger charge is 2.23. The third-order valence-corrected chi connectivity index (χ3v) is 5.30. The Labute approximate surface area is 170 Å². The predicted molar refractivity (Wildman–Crippen MR) is 116 cm³/mol. The zero-order valence-electron chi connectivity index (χ0n) is 16.7. The summed E-state index contributed by atoms with van der Waals surface area (Å²) in [5.41, 5.74) is 1.83. The first-order valence-electron chi connectivity index (χ1n) is 9.69. The zero-order valence-corrected chi connectivity index (χ0v) is 16.7. The summed E-state index contributed by atoms with van der Waals surface area (Å²) in [4.78, 5) is 16.8. The molecule has 1 saturated heterocycles. The first kappa shape index (κ1) is 18.9. The van der Waals surface area contributed by atoms with Crippen LogP contribution in [0.3, 0.4) is 0 Å². The zero-order chi connectivity index (χ0) is 20.2. The molecule has 0 spiro atoms. The quantitative estimate of drug-likeness (QED) is 0.724. The van der Waals surface area contributed by atoms with Crippen LogP contribution < -0.4 is 19.7 Å². The molecule has 0 saturated carbocycles. The minimum absolute atomic E-state index is 0.0679.